The third kappa shape index (κ3) is 6.05. The standard InChI is InChI=1S/C14H27N3O2/c1-5-10-6-7-15-11(8-10)13(19)16-9-12(18)17-14(2,3)4/h10-11,15H,5-9H2,1-4H3,(H,16,19)(H,17,18). The van der Waals surface area contributed by atoms with Crippen LogP contribution in [0.1, 0.15) is 47.0 Å². The number of hydrogen-bond acceptors (Lipinski definition) is 3. The van der Waals surface area contributed by atoms with Gasteiger partial charge in [-0.3, -0.25) is 9.59 Å². The summed E-state index contributed by atoms with van der Waals surface area (Å²) in [6.45, 7) is 8.83. The van der Waals surface area contributed by atoms with Crippen molar-refractivity contribution >= 4 is 11.8 Å². The lowest BCUT2D eigenvalue weighted by Crippen LogP contribution is -2.52. The van der Waals surface area contributed by atoms with E-state index in [1.165, 1.54) is 0 Å². The molecule has 1 aliphatic rings. The van der Waals surface area contributed by atoms with Gasteiger partial charge in [0.15, 0.2) is 0 Å². The van der Waals surface area contributed by atoms with E-state index in [9.17, 15) is 9.59 Å². The molecule has 110 valence electrons. The summed E-state index contributed by atoms with van der Waals surface area (Å²) >= 11 is 0. The van der Waals surface area contributed by atoms with Gasteiger partial charge in [0.1, 0.15) is 0 Å². The zero-order valence-corrected chi connectivity index (χ0v) is 12.5. The molecule has 1 aliphatic heterocycles. The molecule has 1 fully saturated rings. The molecule has 2 amide bonds. The third-order valence-corrected chi connectivity index (χ3v) is 3.34. The molecular weight excluding hydrogens is 242 g/mol. The van der Waals surface area contributed by atoms with E-state index in [-0.39, 0.29) is 29.9 Å². The monoisotopic (exact) mass is 269 g/mol. The van der Waals surface area contributed by atoms with Gasteiger partial charge in [-0.25, -0.2) is 0 Å². The molecule has 3 N–H and O–H groups in total. The minimum atomic E-state index is -0.266. The van der Waals surface area contributed by atoms with E-state index in [0.29, 0.717) is 5.92 Å². The number of carbonyl (C=O) groups is 2. The number of hydrogen-bond donors (Lipinski definition) is 3. The molecule has 5 nitrogen and oxygen atoms in total. The summed E-state index contributed by atoms with van der Waals surface area (Å²) in [5.41, 5.74) is -0.266. The van der Waals surface area contributed by atoms with Gasteiger partial charge in [0.25, 0.3) is 0 Å². The van der Waals surface area contributed by atoms with Gasteiger partial charge in [-0.15, -0.1) is 0 Å². The summed E-state index contributed by atoms with van der Waals surface area (Å²) in [4.78, 5) is 23.6. The van der Waals surface area contributed by atoms with Crippen LogP contribution in [0.2, 0.25) is 0 Å². The average Bonchev–Trinajstić information content (AvgIpc) is 2.34. The first-order valence-electron chi connectivity index (χ1n) is 7.14. The van der Waals surface area contributed by atoms with Gasteiger partial charge in [0, 0.05) is 5.54 Å². The molecule has 0 aromatic heterocycles. The topological polar surface area (TPSA) is 70.2 Å². The van der Waals surface area contributed by atoms with Crippen LogP contribution in [0.25, 0.3) is 0 Å². The number of piperidine rings is 1. The Balaban J connectivity index is 2.33. The zero-order valence-electron chi connectivity index (χ0n) is 12.5. The zero-order chi connectivity index (χ0) is 14.5. The molecule has 5 heteroatoms. The maximum absolute atomic E-state index is 12.0. The van der Waals surface area contributed by atoms with Crippen molar-refractivity contribution in [3.63, 3.8) is 0 Å². The molecule has 2 unspecified atom stereocenters. The molecule has 0 radical (unpaired) electrons. The van der Waals surface area contributed by atoms with Crippen molar-refractivity contribution in [2.75, 3.05) is 13.1 Å². The van der Waals surface area contributed by atoms with Crippen molar-refractivity contribution in [2.24, 2.45) is 5.92 Å². The Labute approximate surface area is 115 Å². The highest BCUT2D eigenvalue weighted by atomic mass is 16.2. The first-order valence-corrected chi connectivity index (χ1v) is 7.14. The van der Waals surface area contributed by atoms with E-state index < -0.39 is 0 Å². The number of rotatable bonds is 4. The molecular formula is C14H27N3O2. The molecule has 1 saturated heterocycles. The summed E-state index contributed by atoms with van der Waals surface area (Å²) in [5.74, 6) is 0.395. The van der Waals surface area contributed by atoms with Crippen LogP contribution < -0.4 is 16.0 Å². The molecule has 0 aromatic rings. The second-order valence-electron chi connectivity index (χ2n) is 6.32. The minimum Gasteiger partial charge on any atom is -0.350 e. The summed E-state index contributed by atoms with van der Waals surface area (Å²) in [6, 6.07) is -0.152. The van der Waals surface area contributed by atoms with Crippen LogP contribution in [0.5, 0.6) is 0 Å². The average molecular weight is 269 g/mol. The van der Waals surface area contributed by atoms with Gasteiger partial charge in [-0.05, 0) is 46.1 Å². The Morgan fingerprint density at radius 1 is 1.32 bits per heavy atom. The fourth-order valence-electron chi connectivity index (χ4n) is 2.32. The van der Waals surface area contributed by atoms with Crippen LogP contribution in [-0.4, -0.2) is 36.5 Å². The number of nitrogens with one attached hydrogen (secondary N) is 3. The predicted molar refractivity (Wildman–Crippen MR) is 75.7 cm³/mol. The highest BCUT2D eigenvalue weighted by Crippen LogP contribution is 2.19. The molecule has 2 atom stereocenters. The van der Waals surface area contributed by atoms with E-state index in [4.69, 9.17) is 0 Å². The first kappa shape index (κ1) is 16.0. The van der Waals surface area contributed by atoms with E-state index in [1.807, 2.05) is 20.8 Å². The summed E-state index contributed by atoms with van der Waals surface area (Å²) in [6.07, 6.45) is 3.10. The number of carbonyl (C=O) groups excluding carboxylic acids is 2. The van der Waals surface area contributed by atoms with Crippen LogP contribution in [0.15, 0.2) is 0 Å². The van der Waals surface area contributed by atoms with Crippen molar-refractivity contribution in [2.45, 2.75) is 58.5 Å². The maximum Gasteiger partial charge on any atom is 0.239 e. The van der Waals surface area contributed by atoms with E-state index in [0.717, 1.165) is 25.8 Å². The largest absolute Gasteiger partial charge is 0.350 e. The van der Waals surface area contributed by atoms with Gasteiger partial charge >= 0.3 is 0 Å². The Morgan fingerprint density at radius 2 is 2.00 bits per heavy atom. The van der Waals surface area contributed by atoms with E-state index >= 15 is 0 Å². The Bertz CT molecular complexity index is 323. The highest BCUT2D eigenvalue weighted by molar-refractivity contribution is 5.87. The lowest BCUT2D eigenvalue weighted by atomic mass is 9.90. The van der Waals surface area contributed by atoms with Gasteiger partial charge in [0.2, 0.25) is 11.8 Å². The van der Waals surface area contributed by atoms with Crippen LogP contribution in [0, 0.1) is 5.92 Å². The molecule has 0 aromatic carbocycles. The Kier molecular flexibility index (Phi) is 5.79. The lowest BCUT2D eigenvalue weighted by molar-refractivity contribution is -0.128. The molecule has 19 heavy (non-hydrogen) atoms. The smallest absolute Gasteiger partial charge is 0.239 e. The van der Waals surface area contributed by atoms with E-state index in [2.05, 4.69) is 22.9 Å². The van der Waals surface area contributed by atoms with Crippen LogP contribution >= 0.6 is 0 Å². The quantitative estimate of drug-likeness (QED) is 0.707. The molecule has 0 spiro atoms. The van der Waals surface area contributed by atoms with Crippen LogP contribution in [0.4, 0.5) is 0 Å². The van der Waals surface area contributed by atoms with Gasteiger partial charge in [0.05, 0.1) is 12.6 Å². The molecule has 1 heterocycles. The van der Waals surface area contributed by atoms with Gasteiger partial charge < -0.3 is 16.0 Å². The molecule has 0 aliphatic carbocycles. The van der Waals surface area contributed by atoms with Crippen molar-refractivity contribution in [3.05, 3.63) is 0 Å². The van der Waals surface area contributed by atoms with Crippen LogP contribution in [0.3, 0.4) is 0 Å². The Morgan fingerprint density at radius 3 is 2.58 bits per heavy atom. The molecule has 1 rings (SSSR count). The van der Waals surface area contributed by atoms with Gasteiger partial charge in [-0.2, -0.15) is 0 Å². The third-order valence-electron chi connectivity index (χ3n) is 3.34. The fourth-order valence-corrected chi connectivity index (χ4v) is 2.32. The molecule has 0 saturated carbocycles. The Hall–Kier alpha value is -1.10. The predicted octanol–water partition coefficient (Wildman–Crippen LogP) is 0.796. The van der Waals surface area contributed by atoms with Crippen molar-refractivity contribution in [1.29, 1.82) is 0 Å². The van der Waals surface area contributed by atoms with Crippen molar-refractivity contribution < 1.29 is 9.59 Å². The lowest BCUT2D eigenvalue weighted by Gasteiger charge is -2.29. The minimum absolute atomic E-state index is 0.0467. The fraction of sp³-hybridized carbons (Fsp3) is 0.857. The van der Waals surface area contributed by atoms with Crippen molar-refractivity contribution in [1.82, 2.24) is 16.0 Å². The summed E-state index contributed by atoms with van der Waals surface area (Å²) in [5, 5.41) is 8.74. The second-order valence-corrected chi connectivity index (χ2v) is 6.32. The van der Waals surface area contributed by atoms with E-state index in [1.54, 1.807) is 0 Å². The highest BCUT2D eigenvalue weighted by Gasteiger charge is 2.26. The number of amides is 2. The first-order chi connectivity index (χ1) is 8.81. The van der Waals surface area contributed by atoms with Crippen molar-refractivity contribution in [3.8, 4) is 0 Å². The summed E-state index contributed by atoms with van der Waals surface area (Å²) < 4.78 is 0. The second kappa shape index (κ2) is 6.89. The normalized spacial score (nSPS) is 23.8. The van der Waals surface area contributed by atoms with Gasteiger partial charge in [-0.1, -0.05) is 13.3 Å². The van der Waals surface area contributed by atoms with Crippen LogP contribution in [-0.2, 0) is 9.59 Å². The SMILES string of the molecule is CCC1CCNC(C(=O)NCC(=O)NC(C)(C)C)C1. The maximum atomic E-state index is 12.0. The molecule has 0 bridgehead atoms. The summed E-state index contributed by atoms with van der Waals surface area (Å²) in [7, 11) is 0.